The molecule has 0 saturated carbocycles. The number of allylic oxidation sites excluding steroid dienone is 1. The van der Waals surface area contributed by atoms with Gasteiger partial charge in [-0.1, -0.05) is 0 Å². The third-order valence-electron chi connectivity index (χ3n) is 2.06. The van der Waals surface area contributed by atoms with Crippen LogP contribution in [0.5, 0.6) is 11.5 Å². The van der Waals surface area contributed by atoms with E-state index in [4.69, 9.17) is 9.47 Å². The number of aldehydes is 1. The van der Waals surface area contributed by atoms with Crippen LogP contribution in [0, 0.1) is 0 Å². The van der Waals surface area contributed by atoms with Gasteiger partial charge in [0.1, 0.15) is 23.9 Å². The number of hydrogen-bond acceptors (Lipinski definition) is 3. The normalized spacial score (nSPS) is 13.1. The van der Waals surface area contributed by atoms with Crippen LogP contribution in [0.15, 0.2) is 35.9 Å². The first-order valence-electron chi connectivity index (χ1n) is 5.10. The Morgan fingerprint density at radius 2 is 1.81 bits per heavy atom. The highest BCUT2D eigenvalue weighted by Gasteiger charge is 2.01. The van der Waals surface area contributed by atoms with Crippen molar-refractivity contribution < 1.29 is 14.3 Å². The highest BCUT2D eigenvalue weighted by atomic mass is 16.5. The number of rotatable bonds is 5. The molecule has 0 aliphatic heterocycles. The summed E-state index contributed by atoms with van der Waals surface area (Å²) < 4.78 is 10.6. The SMILES string of the molecule is COc1ccc(O[C@H](C)C=C(C)C=O)cc1. The first-order valence-corrected chi connectivity index (χ1v) is 5.10. The Labute approximate surface area is 95.7 Å². The summed E-state index contributed by atoms with van der Waals surface area (Å²) in [4.78, 5) is 10.4. The van der Waals surface area contributed by atoms with Crippen LogP contribution in [0.2, 0.25) is 0 Å². The van der Waals surface area contributed by atoms with Crippen molar-refractivity contribution in [2.24, 2.45) is 0 Å². The summed E-state index contributed by atoms with van der Waals surface area (Å²) in [5.74, 6) is 1.54. The van der Waals surface area contributed by atoms with Gasteiger partial charge in [0.2, 0.25) is 0 Å². The van der Waals surface area contributed by atoms with Crippen LogP contribution < -0.4 is 9.47 Å². The average molecular weight is 220 g/mol. The highest BCUT2D eigenvalue weighted by Crippen LogP contribution is 2.18. The van der Waals surface area contributed by atoms with Crippen molar-refractivity contribution in [2.45, 2.75) is 20.0 Å². The summed E-state index contributed by atoms with van der Waals surface area (Å²) in [6, 6.07) is 7.33. The van der Waals surface area contributed by atoms with Crippen LogP contribution in [-0.2, 0) is 4.79 Å². The minimum atomic E-state index is -0.126. The zero-order chi connectivity index (χ0) is 12.0. The van der Waals surface area contributed by atoms with E-state index in [9.17, 15) is 4.79 Å². The number of ether oxygens (including phenoxy) is 2. The fourth-order valence-corrected chi connectivity index (χ4v) is 1.31. The topological polar surface area (TPSA) is 35.5 Å². The van der Waals surface area contributed by atoms with Gasteiger partial charge in [-0.25, -0.2) is 0 Å². The van der Waals surface area contributed by atoms with E-state index >= 15 is 0 Å². The first-order chi connectivity index (χ1) is 7.65. The van der Waals surface area contributed by atoms with Crippen molar-refractivity contribution in [2.75, 3.05) is 7.11 Å². The predicted octanol–water partition coefficient (Wildman–Crippen LogP) is 2.61. The maximum absolute atomic E-state index is 10.4. The molecule has 3 heteroatoms. The second-order valence-electron chi connectivity index (χ2n) is 3.53. The van der Waals surface area contributed by atoms with Crippen molar-refractivity contribution in [3.05, 3.63) is 35.9 Å². The van der Waals surface area contributed by atoms with E-state index in [1.165, 1.54) is 0 Å². The Balaban J connectivity index is 2.62. The van der Waals surface area contributed by atoms with Crippen LogP contribution in [0.1, 0.15) is 13.8 Å². The molecule has 0 saturated heterocycles. The van der Waals surface area contributed by atoms with Crippen LogP contribution >= 0.6 is 0 Å². The maximum atomic E-state index is 10.4. The molecule has 0 unspecified atom stereocenters. The van der Waals surface area contributed by atoms with Gasteiger partial charge in [-0.15, -0.1) is 0 Å². The monoisotopic (exact) mass is 220 g/mol. The number of carbonyl (C=O) groups is 1. The maximum Gasteiger partial charge on any atom is 0.145 e. The lowest BCUT2D eigenvalue weighted by atomic mass is 10.2. The number of carbonyl (C=O) groups excluding carboxylic acids is 1. The van der Waals surface area contributed by atoms with E-state index in [1.54, 1.807) is 20.1 Å². The summed E-state index contributed by atoms with van der Waals surface area (Å²) in [5, 5.41) is 0. The van der Waals surface area contributed by atoms with Crippen molar-refractivity contribution in [1.82, 2.24) is 0 Å². The van der Waals surface area contributed by atoms with Crippen LogP contribution in [0.25, 0.3) is 0 Å². The molecular weight excluding hydrogens is 204 g/mol. The third-order valence-corrected chi connectivity index (χ3v) is 2.06. The highest BCUT2D eigenvalue weighted by molar-refractivity contribution is 5.72. The molecule has 0 N–H and O–H groups in total. The Kier molecular flexibility index (Phi) is 4.58. The molecule has 1 aromatic carbocycles. The number of methoxy groups -OCH3 is 1. The molecule has 1 atom stereocenters. The zero-order valence-corrected chi connectivity index (χ0v) is 9.77. The minimum absolute atomic E-state index is 0.126. The standard InChI is InChI=1S/C13H16O3/c1-10(9-14)8-11(2)16-13-6-4-12(15-3)5-7-13/h4-9,11H,1-3H3/t11-/m1/s1. The molecule has 0 heterocycles. The summed E-state index contributed by atoms with van der Waals surface area (Å²) in [7, 11) is 1.62. The minimum Gasteiger partial charge on any atom is -0.497 e. The molecule has 0 aliphatic rings. The molecule has 0 fully saturated rings. The lowest BCUT2D eigenvalue weighted by Gasteiger charge is -2.11. The second-order valence-corrected chi connectivity index (χ2v) is 3.53. The van der Waals surface area contributed by atoms with Crippen LogP contribution in [-0.4, -0.2) is 19.5 Å². The van der Waals surface area contributed by atoms with Gasteiger partial charge in [0.05, 0.1) is 7.11 Å². The Bertz CT molecular complexity index is 365. The van der Waals surface area contributed by atoms with Crippen molar-refractivity contribution in [1.29, 1.82) is 0 Å². The molecule has 0 radical (unpaired) electrons. The molecular formula is C13H16O3. The zero-order valence-electron chi connectivity index (χ0n) is 9.77. The molecule has 0 bridgehead atoms. The number of hydrogen-bond donors (Lipinski definition) is 0. The fraction of sp³-hybridized carbons (Fsp3) is 0.308. The van der Waals surface area contributed by atoms with E-state index < -0.39 is 0 Å². The fourth-order valence-electron chi connectivity index (χ4n) is 1.31. The van der Waals surface area contributed by atoms with Gasteiger partial charge >= 0.3 is 0 Å². The van der Waals surface area contributed by atoms with Gasteiger partial charge in [0.15, 0.2) is 0 Å². The molecule has 1 aromatic rings. The number of benzene rings is 1. The molecule has 0 aliphatic carbocycles. The van der Waals surface area contributed by atoms with Crippen LogP contribution in [0.3, 0.4) is 0 Å². The van der Waals surface area contributed by atoms with E-state index in [2.05, 4.69) is 0 Å². The lowest BCUT2D eigenvalue weighted by molar-refractivity contribution is -0.104. The van der Waals surface area contributed by atoms with E-state index in [0.29, 0.717) is 5.57 Å². The van der Waals surface area contributed by atoms with E-state index in [-0.39, 0.29) is 6.10 Å². The average Bonchev–Trinajstić information content (AvgIpc) is 2.29. The van der Waals surface area contributed by atoms with Gasteiger partial charge in [-0.05, 0) is 49.8 Å². The Hall–Kier alpha value is -1.77. The molecule has 16 heavy (non-hydrogen) atoms. The first kappa shape index (κ1) is 12.3. The van der Waals surface area contributed by atoms with Crippen molar-refractivity contribution in [3.8, 4) is 11.5 Å². The molecule has 0 spiro atoms. The summed E-state index contributed by atoms with van der Waals surface area (Å²) >= 11 is 0. The largest absolute Gasteiger partial charge is 0.497 e. The van der Waals surface area contributed by atoms with Gasteiger partial charge < -0.3 is 9.47 Å². The van der Waals surface area contributed by atoms with Gasteiger partial charge in [0.25, 0.3) is 0 Å². The molecule has 3 nitrogen and oxygen atoms in total. The summed E-state index contributed by atoms with van der Waals surface area (Å²) in [5.41, 5.74) is 0.668. The van der Waals surface area contributed by atoms with Crippen molar-refractivity contribution in [3.63, 3.8) is 0 Å². The lowest BCUT2D eigenvalue weighted by Crippen LogP contribution is -2.09. The van der Waals surface area contributed by atoms with Gasteiger partial charge in [-0.3, -0.25) is 4.79 Å². The summed E-state index contributed by atoms with van der Waals surface area (Å²) in [6.45, 7) is 3.64. The summed E-state index contributed by atoms with van der Waals surface area (Å²) in [6.07, 6.45) is 2.46. The Morgan fingerprint density at radius 3 is 2.31 bits per heavy atom. The van der Waals surface area contributed by atoms with Crippen molar-refractivity contribution >= 4 is 6.29 Å². The van der Waals surface area contributed by atoms with Crippen LogP contribution in [0.4, 0.5) is 0 Å². The molecule has 0 amide bonds. The smallest absolute Gasteiger partial charge is 0.145 e. The predicted molar refractivity (Wildman–Crippen MR) is 62.9 cm³/mol. The van der Waals surface area contributed by atoms with Gasteiger partial charge in [-0.2, -0.15) is 0 Å². The molecule has 86 valence electrons. The quantitative estimate of drug-likeness (QED) is 0.565. The van der Waals surface area contributed by atoms with E-state index in [0.717, 1.165) is 17.8 Å². The van der Waals surface area contributed by atoms with E-state index in [1.807, 2.05) is 31.2 Å². The van der Waals surface area contributed by atoms with Gasteiger partial charge in [0, 0.05) is 0 Å². The Morgan fingerprint density at radius 1 is 1.25 bits per heavy atom. The molecule has 0 aromatic heterocycles. The third kappa shape index (κ3) is 3.77. The molecule has 1 rings (SSSR count). The second kappa shape index (κ2) is 5.95.